The fourth-order valence-electron chi connectivity index (χ4n) is 2.49. The van der Waals surface area contributed by atoms with E-state index in [0.717, 1.165) is 25.9 Å². The molecule has 2 amide bonds. The fraction of sp³-hybridized carbons (Fsp3) is 0.533. The van der Waals surface area contributed by atoms with E-state index in [4.69, 9.17) is 0 Å². The van der Waals surface area contributed by atoms with Crippen LogP contribution in [0.2, 0.25) is 0 Å². The summed E-state index contributed by atoms with van der Waals surface area (Å²) < 4.78 is 23.4. The summed E-state index contributed by atoms with van der Waals surface area (Å²) in [5.74, 6) is 0.603. The molecule has 1 N–H and O–H groups in total. The van der Waals surface area contributed by atoms with Gasteiger partial charge in [0.15, 0.2) is 9.84 Å². The Balaban J connectivity index is 2.02. The molecule has 0 aromatic heterocycles. The van der Waals surface area contributed by atoms with Crippen LogP contribution in [0.1, 0.15) is 26.7 Å². The summed E-state index contributed by atoms with van der Waals surface area (Å²) in [5, 5.41) is 2.82. The summed E-state index contributed by atoms with van der Waals surface area (Å²) in [7, 11) is -3.19. The first-order valence-electron chi connectivity index (χ1n) is 7.31. The lowest BCUT2D eigenvalue weighted by Crippen LogP contribution is -2.41. The average molecular weight is 310 g/mol. The van der Waals surface area contributed by atoms with Crippen LogP contribution in [0.5, 0.6) is 0 Å². The van der Waals surface area contributed by atoms with Gasteiger partial charge in [0.2, 0.25) is 0 Å². The maximum Gasteiger partial charge on any atom is 0.321 e. The zero-order chi connectivity index (χ0) is 15.5. The summed E-state index contributed by atoms with van der Waals surface area (Å²) in [5.41, 5.74) is 0.619. The van der Waals surface area contributed by atoms with E-state index >= 15 is 0 Å². The summed E-state index contributed by atoms with van der Waals surface area (Å²) in [6.07, 6.45) is 2.19. The molecule has 5 nitrogen and oxygen atoms in total. The summed E-state index contributed by atoms with van der Waals surface area (Å²) in [4.78, 5) is 14.2. The van der Waals surface area contributed by atoms with Gasteiger partial charge < -0.3 is 10.2 Å². The molecule has 1 saturated heterocycles. The molecule has 0 saturated carbocycles. The lowest BCUT2D eigenvalue weighted by atomic mass is 10.0. The summed E-state index contributed by atoms with van der Waals surface area (Å²) >= 11 is 0. The quantitative estimate of drug-likeness (QED) is 0.933. The predicted molar refractivity (Wildman–Crippen MR) is 83.2 cm³/mol. The van der Waals surface area contributed by atoms with Gasteiger partial charge in [0.05, 0.1) is 10.6 Å². The molecule has 1 aliphatic heterocycles. The van der Waals surface area contributed by atoms with Gasteiger partial charge in [-0.1, -0.05) is 13.8 Å². The highest BCUT2D eigenvalue weighted by molar-refractivity contribution is 7.91. The molecule has 21 heavy (non-hydrogen) atoms. The maximum atomic E-state index is 12.1. The van der Waals surface area contributed by atoms with Gasteiger partial charge in [-0.3, -0.25) is 0 Å². The van der Waals surface area contributed by atoms with Crippen molar-refractivity contribution in [1.82, 2.24) is 4.90 Å². The minimum atomic E-state index is -3.19. The minimum Gasteiger partial charge on any atom is -0.324 e. The second-order valence-electron chi connectivity index (χ2n) is 5.55. The van der Waals surface area contributed by atoms with Crippen LogP contribution in [0.25, 0.3) is 0 Å². The van der Waals surface area contributed by atoms with Crippen LogP contribution < -0.4 is 5.32 Å². The van der Waals surface area contributed by atoms with Gasteiger partial charge in [0.25, 0.3) is 0 Å². The van der Waals surface area contributed by atoms with Crippen molar-refractivity contribution >= 4 is 21.6 Å². The van der Waals surface area contributed by atoms with E-state index in [1.54, 1.807) is 19.1 Å². The first-order valence-corrected chi connectivity index (χ1v) is 8.96. The SMILES string of the molecule is CCS(=O)(=O)c1ccc(NC(=O)N2CCCC(C)C2)cc1. The van der Waals surface area contributed by atoms with Crippen LogP contribution in [0.15, 0.2) is 29.2 Å². The normalized spacial score (nSPS) is 19.3. The van der Waals surface area contributed by atoms with Crippen LogP contribution in [-0.4, -0.2) is 38.2 Å². The molecule has 2 rings (SSSR count). The van der Waals surface area contributed by atoms with Gasteiger partial charge >= 0.3 is 6.03 Å². The van der Waals surface area contributed by atoms with Crippen molar-refractivity contribution < 1.29 is 13.2 Å². The van der Waals surface area contributed by atoms with E-state index in [2.05, 4.69) is 12.2 Å². The molecular weight excluding hydrogens is 288 g/mol. The lowest BCUT2D eigenvalue weighted by molar-refractivity contribution is 0.182. The number of carbonyl (C=O) groups is 1. The predicted octanol–water partition coefficient (Wildman–Crippen LogP) is 2.74. The van der Waals surface area contributed by atoms with E-state index in [1.807, 2.05) is 4.90 Å². The molecule has 6 heteroatoms. The number of anilines is 1. The van der Waals surface area contributed by atoms with Crippen LogP contribution in [0.3, 0.4) is 0 Å². The third kappa shape index (κ3) is 3.97. The van der Waals surface area contributed by atoms with E-state index in [9.17, 15) is 13.2 Å². The molecular formula is C15H22N2O3S. The zero-order valence-corrected chi connectivity index (χ0v) is 13.3. The maximum absolute atomic E-state index is 12.1. The fourth-order valence-corrected chi connectivity index (χ4v) is 3.37. The minimum absolute atomic E-state index is 0.0738. The second-order valence-corrected chi connectivity index (χ2v) is 7.83. The number of likely N-dealkylation sites (tertiary alicyclic amines) is 1. The van der Waals surface area contributed by atoms with Gasteiger partial charge in [-0.2, -0.15) is 0 Å². The molecule has 0 bridgehead atoms. The third-order valence-corrected chi connectivity index (χ3v) is 5.54. The molecule has 0 spiro atoms. The Morgan fingerprint density at radius 1 is 1.33 bits per heavy atom. The molecule has 1 aromatic carbocycles. The first-order chi connectivity index (χ1) is 9.92. The molecule has 1 heterocycles. The largest absolute Gasteiger partial charge is 0.324 e. The van der Waals surface area contributed by atoms with E-state index in [-0.39, 0.29) is 16.7 Å². The number of hydrogen-bond acceptors (Lipinski definition) is 3. The van der Waals surface area contributed by atoms with Crippen molar-refractivity contribution in [2.75, 3.05) is 24.2 Å². The van der Waals surface area contributed by atoms with E-state index < -0.39 is 9.84 Å². The molecule has 1 fully saturated rings. The third-order valence-electron chi connectivity index (χ3n) is 3.79. The Hall–Kier alpha value is -1.56. The number of benzene rings is 1. The first kappa shape index (κ1) is 15.8. The van der Waals surface area contributed by atoms with Gasteiger partial charge in [-0.25, -0.2) is 13.2 Å². The Morgan fingerprint density at radius 2 is 2.00 bits per heavy atom. The lowest BCUT2D eigenvalue weighted by Gasteiger charge is -2.30. The van der Waals surface area contributed by atoms with Gasteiger partial charge in [0.1, 0.15) is 0 Å². The van der Waals surface area contributed by atoms with Crippen molar-refractivity contribution in [2.24, 2.45) is 5.92 Å². The highest BCUT2D eigenvalue weighted by Gasteiger charge is 2.21. The van der Waals surface area contributed by atoms with E-state index in [1.165, 1.54) is 12.1 Å². The topological polar surface area (TPSA) is 66.5 Å². The van der Waals surface area contributed by atoms with Crippen molar-refractivity contribution in [3.63, 3.8) is 0 Å². The number of piperidine rings is 1. The van der Waals surface area contributed by atoms with Crippen LogP contribution in [0, 0.1) is 5.92 Å². The smallest absolute Gasteiger partial charge is 0.321 e. The highest BCUT2D eigenvalue weighted by Crippen LogP contribution is 2.18. The zero-order valence-electron chi connectivity index (χ0n) is 12.5. The standard InChI is InChI=1S/C15H22N2O3S/c1-3-21(19,20)14-8-6-13(7-9-14)16-15(18)17-10-4-5-12(2)11-17/h6-9,12H,3-5,10-11H2,1-2H3,(H,16,18). The molecule has 1 aromatic rings. The van der Waals surface area contributed by atoms with Crippen molar-refractivity contribution in [3.05, 3.63) is 24.3 Å². The van der Waals surface area contributed by atoms with Gasteiger partial charge in [0, 0.05) is 18.8 Å². The monoisotopic (exact) mass is 310 g/mol. The number of amides is 2. The van der Waals surface area contributed by atoms with Crippen LogP contribution in [0.4, 0.5) is 10.5 Å². The van der Waals surface area contributed by atoms with Crippen molar-refractivity contribution in [3.8, 4) is 0 Å². The number of sulfone groups is 1. The Bertz CT molecular complexity index is 596. The number of carbonyl (C=O) groups excluding carboxylic acids is 1. The molecule has 1 unspecified atom stereocenters. The Labute approximate surface area is 126 Å². The Kier molecular flexibility index (Phi) is 4.88. The number of rotatable bonds is 3. The highest BCUT2D eigenvalue weighted by atomic mass is 32.2. The van der Waals surface area contributed by atoms with Crippen molar-refractivity contribution in [1.29, 1.82) is 0 Å². The molecule has 1 atom stereocenters. The molecule has 0 aliphatic carbocycles. The average Bonchev–Trinajstić information content (AvgIpc) is 2.48. The molecule has 0 radical (unpaired) electrons. The molecule has 116 valence electrons. The van der Waals surface area contributed by atoms with Crippen LogP contribution >= 0.6 is 0 Å². The van der Waals surface area contributed by atoms with Gasteiger partial charge in [-0.15, -0.1) is 0 Å². The summed E-state index contributed by atoms with van der Waals surface area (Å²) in [6, 6.07) is 6.22. The Morgan fingerprint density at radius 3 is 2.57 bits per heavy atom. The number of hydrogen-bond donors (Lipinski definition) is 1. The summed E-state index contributed by atoms with van der Waals surface area (Å²) in [6.45, 7) is 5.30. The van der Waals surface area contributed by atoms with Crippen LogP contribution in [-0.2, 0) is 9.84 Å². The van der Waals surface area contributed by atoms with E-state index in [0.29, 0.717) is 11.6 Å². The number of nitrogens with one attached hydrogen (secondary N) is 1. The van der Waals surface area contributed by atoms with Gasteiger partial charge in [-0.05, 0) is 43.0 Å². The number of urea groups is 1. The molecule has 1 aliphatic rings. The number of nitrogens with zero attached hydrogens (tertiary/aromatic N) is 1. The second kappa shape index (κ2) is 6.47. The van der Waals surface area contributed by atoms with Crippen molar-refractivity contribution in [2.45, 2.75) is 31.6 Å².